The van der Waals surface area contributed by atoms with E-state index in [4.69, 9.17) is 4.74 Å². The molecule has 0 atom stereocenters. The van der Waals surface area contributed by atoms with E-state index in [9.17, 15) is 4.39 Å². The highest BCUT2D eigenvalue weighted by molar-refractivity contribution is 5.22. The van der Waals surface area contributed by atoms with E-state index in [1.807, 2.05) is 0 Å². The van der Waals surface area contributed by atoms with Crippen molar-refractivity contribution in [3.05, 3.63) is 30.1 Å². The maximum absolute atomic E-state index is 12.5. The minimum absolute atomic E-state index is 0.209. The molecule has 0 unspecified atom stereocenters. The highest BCUT2D eigenvalue weighted by Gasteiger charge is 2.15. The molecule has 0 aliphatic heterocycles. The summed E-state index contributed by atoms with van der Waals surface area (Å²) in [5, 5.41) is 0. The summed E-state index contributed by atoms with van der Waals surface area (Å²) in [4.78, 5) is 0. The Morgan fingerprint density at radius 1 is 1.08 bits per heavy atom. The van der Waals surface area contributed by atoms with Crippen LogP contribution in [0.25, 0.3) is 0 Å². The zero-order valence-electron chi connectivity index (χ0n) is 7.50. The number of hydrogen-bond donors (Lipinski definition) is 0. The molecule has 1 aromatic carbocycles. The molecule has 0 spiro atoms. The van der Waals surface area contributed by atoms with E-state index >= 15 is 0 Å². The van der Waals surface area contributed by atoms with E-state index in [2.05, 4.69) is 0 Å². The molecule has 13 heavy (non-hydrogen) atoms. The van der Waals surface area contributed by atoms with Crippen LogP contribution in [0.2, 0.25) is 0 Å². The number of ether oxygens (including phenoxy) is 1. The lowest BCUT2D eigenvalue weighted by molar-refractivity contribution is 0.210. The summed E-state index contributed by atoms with van der Waals surface area (Å²) in [5.41, 5.74) is 0. The van der Waals surface area contributed by atoms with Gasteiger partial charge in [-0.05, 0) is 49.9 Å². The third-order valence-corrected chi connectivity index (χ3v) is 2.42. The highest BCUT2D eigenvalue weighted by atomic mass is 19.1. The van der Waals surface area contributed by atoms with Gasteiger partial charge in [-0.2, -0.15) is 0 Å². The Labute approximate surface area is 77.5 Å². The second-order valence-corrected chi connectivity index (χ2v) is 3.48. The van der Waals surface area contributed by atoms with Gasteiger partial charge in [-0.25, -0.2) is 4.39 Å². The fraction of sp³-hybridized carbons (Fsp3) is 0.455. The Kier molecular flexibility index (Phi) is 2.48. The molecule has 0 bridgehead atoms. The normalized spacial score (nSPS) is 17.6. The predicted octanol–water partition coefficient (Wildman–Crippen LogP) is 3.15. The Hall–Kier alpha value is -1.05. The summed E-state index contributed by atoms with van der Waals surface area (Å²) in [5.74, 6) is 0.576. The van der Waals surface area contributed by atoms with Gasteiger partial charge in [0.1, 0.15) is 11.6 Å². The molecule has 0 heterocycles. The van der Waals surface area contributed by atoms with E-state index in [1.54, 1.807) is 12.1 Å². The quantitative estimate of drug-likeness (QED) is 0.679. The molecule has 1 saturated carbocycles. The molecule has 1 aliphatic rings. The van der Waals surface area contributed by atoms with Gasteiger partial charge in [0.15, 0.2) is 0 Å². The summed E-state index contributed by atoms with van der Waals surface area (Å²) >= 11 is 0. The molecule has 1 aliphatic carbocycles. The van der Waals surface area contributed by atoms with E-state index in [0.29, 0.717) is 6.10 Å². The highest BCUT2D eigenvalue weighted by Crippen LogP contribution is 2.23. The average molecular weight is 180 g/mol. The molecule has 1 fully saturated rings. The minimum Gasteiger partial charge on any atom is -0.490 e. The van der Waals surface area contributed by atoms with Gasteiger partial charge in [0.2, 0.25) is 0 Å². The summed E-state index contributed by atoms with van der Waals surface area (Å²) in [6.07, 6.45) is 5.14. The van der Waals surface area contributed by atoms with Crippen molar-refractivity contribution < 1.29 is 9.13 Å². The summed E-state index contributed by atoms with van der Waals surface area (Å²) in [6.45, 7) is 0. The van der Waals surface area contributed by atoms with Crippen molar-refractivity contribution in [2.24, 2.45) is 0 Å². The maximum atomic E-state index is 12.5. The molecule has 2 rings (SSSR count). The van der Waals surface area contributed by atoms with Crippen LogP contribution in [0.1, 0.15) is 25.7 Å². The van der Waals surface area contributed by atoms with Crippen LogP contribution in [-0.4, -0.2) is 6.10 Å². The first-order valence-corrected chi connectivity index (χ1v) is 4.77. The zero-order valence-corrected chi connectivity index (χ0v) is 7.50. The third kappa shape index (κ3) is 2.20. The van der Waals surface area contributed by atoms with Crippen LogP contribution in [-0.2, 0) is 0 Å². The van der Waals surface area contributed by atoms with Crippen molar-refractivity contribution in [2.75, 3.05) is 0 Å². The second kappa shape index (κ2) is 3.77. The summed E-state index contributed by atoms with van der Waals surface area (Å²) in [7, 11) is 0. The molecule has 0 saturated heterocycles. The summed E-state index contributed by atoms with van der Waals surface area (Å²) < 4.78 is 18.2. The molecule has 0 N–H and O–H groups in total. The van der Waals surface area contributed by atoms with Crippen molar-refractivity contribution in [3.8, 4) is 5.75 Å². The maximum Gasteiger partial charge on any atom is 0.123 e. The Balaban J connectivity index is 1.97. The Morgan fingerprint density at radius 2 is 1.69 bits per heavy atom. The monoisotopic (exact) mass is 180 g/mol. The largest absolute Gasteiger partial charge is 0.490 e. The summed E-state index contributed by atoms with van der Waals surface area (Å²) in [6, 6.07) is 6.25. The first kappa shape index (κ1) is 8.54. The van der Waals surface area contributed by atoms with Crippen molar-refractivity contribution in [1.29, 1.82) is 0 Å². The van der Waals surface area contributed by atoms with E-state index < -0.39 is 0 Å². The van der Waals surface area contributed by atoms with E-state index in [-0.39, 0.29) is 5.82 Å². The van der Waals surface area contributed by atoms with Crippen LogP contribution in [0.4, 0.5) is 4.39 Å². The Morgan fingerprint density at radius 3 is 2.31 bits per heavy atom. The number of benzene rings is 1. The number of rotatable bonds is 2. The van der Waals surface area contributed by atoms with E-state index in [1.165, 1.54) is 25.0 Å². The van der Waals surface area contributed by atoms with Crippen molar-refractivity contribution in [3.63, 3.8) is 0 Å². The molecule has 0 radical (unpaired) electrons. The molecule has 70 valence electrons. The molecule has 1 aromatic rings. The van der Waals surface area contributed by atoms with Crippen molar-refractivity contribution in [2.45, 2.75) is 31.8 Å². The number of halogens is 1. The Bertz CT molecular complexity index is 262. The molecule has 0 aromatic heterocycles. The molecular formula is C11H13FO. The standard InChI is InChI=1S/C11H13FO/c12-9-5-7-11(8-6-9)13-10-3-1-2-4-10/h5-8,10H,1-4H2. The van der Waals surface area contributed by atoms with Gasteiger partial charge < -0.3 is 4.74 Å². The molecule has 1 nitrogen and oxygen atoms in total. The number of hydrogen-bond acceptors (Lipinski definition) is 1. The van der Waals surface area contributed by atoms with E-state index in [0.717, 1.165) is 18.6 Å². The zero-order chi connectivity index (χ0) is 9.10. The lowest BCUT2D eigenvalue weighted by Gasteiger charge is -2.12. The van der Waals surface area contributed by atoms with Gasteiger partial charge >= 0.3 is 0 Å². The fourth-order valence-corrected chi connectivity index (χ4v) is 1.71. The van der Waals surface area contributed by atoms with Crippen LogP contribution in [0, 0.1) is 5.82 Å². The third-order valence-electron chi connectivity index (χ3n) is 2.42. The lowest BCUT2D eigenvalue weighted by Crippen LogP contribution is -2.10. The van der Waals surface area contributed by atoms with Gasteiger partial charge in [0.05, 0.1) is 6.10 Å². The topological polar surface area (TPSA) is 9.23 Å². The van der Waals surface area contributed by atoms with Gasteiger partial charge in [0, 0.05) is 0 Å². The van der Waals surface area contributed by atoms with Crippen LogP contribution < -0.4 is 4.74 Å². The second-order valence-electron chi connectivity index (χ2n) is 3.48. The molecule has 2 heteroatoms. The van der Waals surface area contributed by atoms with Gasteiger partial charge in [-0.3, -0.25) is 0 Å². The predicted molar refractivity (Wildman–Crippen MR) is 49.3 cm³/mol. The van der Waals surface area contributed by atoms with Crippen LogP contribution in [0.3, 0.4) is 0 Å². The van der Waals surface area contributed by atoms with Gasteiger partial charge in [0.25, 0.3) is 0 Å². The fourth-order valence-electron chi connectivity index (χ4n) is 1.71. The van der Waals surface area contributed by atoms with Gasteiger partial charge in [-0.15, -0.1) is 0 Å². The van der Waals surface area contributed by atoms with Crippen LogP contribution >= 0.6 is 0 Å². The van der Waals surface area contributed by atoms with Crippen molar-refractivity contribution >= 4 is 0 Å². The average Bonchev–Trinajstić information content (AvgIpc) is 2.62. The minimum atomic E-state index is -0.209. The van der Waals surface area contributed by atoms with Gasteiger partial charge in [-0.1, -0.05) is 0 Å². The smallest absolute Gasteiger partial charge is 0.123 e. The first-order chi connectivity index (χ1) is 6.34. The van der Waals surface area contributed by atoms with Crippen LogP contribution in [0.5, 0.6) is 5.75 Å². The SMILES string of the molecule is Fc1ccc(OC2CCCC2)cc1. The van der Waals surface area contributed by atoms with Crippen LogP contribution in [0.15, 0.2) is 24.3 Å². The van der Waals surface area contributed by atoms with Crippen molar-refractivity contribution in [1.82, 2.24) is 0 Å². The lowest BCUT2D eigenvalue weighted by atomic mass is 10.3. The molecule has 0 amide bonds. The first-order valence-electron chi connectivity index (χ1n) is 4.77. The molecular weight excluding hydrogens is 167 g/mol.